The monoisotopic (exact) mass is 444 g/mol. The number of amidine groups is 1. The van der Waals surface area contributed by atoms with E-state index in [9.17, 15) is 9.59 Å². The molecule has 1 aromatic heterocycles. The quantitative estimate of drug-likeness (QED) is 0.765. The van der Waals surface area contributed by atoms with Gasteiger partial charge in [-0.3, -0.25) is 14.6 Å². The number of rotatable bonds is 4. The van der Waals surface area contributed by atoms with Crippen LogP contribution in [-0.2, 0) is 4.79 Å². The number of aliphatic imine (C=N–C) groups is 1. The number of hydrogen-bond acceptors (Lipinski definition) is 6. The summed E-state index contributed by atoms with van der Waals surface area (Å²) in [7, 11) is 0. The maximum Gasteiger partial charge on any atom is 0.259 e. The Morgan fingerprint density at radius 2 is 2.03 bits per heavy atom. The molecular weight excluding hydrogens is 412 g/mol. The second-order valence-electron chi connectivity index (χ2n) is 10.1. The van der Waals surface area contributed by atoms with Gasteiger partial charge in [-0.2, -0.15) is 0 Å². The number of aromatic nitrogens is 1. The fraction of sp³-hybridized carbons (Fsp3) is 0.739. The second kappa shape index (κ2) is 7.94. The van der Waals surface area contributed by atoms with Crippen LogP contribution < -0.4 is 5.32 Å². The molecule has 31 heavy (non-hydrogen) atoms. The van der Waals surface area contributed by atoms with Crippen molar-refractivity contribution in [2.75, 3.05) is 13.1 Å². The summed E-state index contributed by atoms with van der Waals surface area (Å²) in [6, 6.07) is 0.405. The predicted molar refractivity (Wildman–Crippen MR) is 120 cm³/mol. The lowest BCUT2D eigenvalue weighted by molar-refractivity contribution is -0.121. The standard InChI is InChI=1S/C23H32N4O3S/c1-13-19(14(2)30-26-13)20(28)27-8-6-15(7-9-27)12-23(3)21(29)25-22(31-23)24-18-11-16-4-5-17(18)10-16/h15-18H,4-12H2,1-3H3,(H,24,25,29)/t16-,17+,18+,23?/m1/s1. The van der Waals surface area contributed by atoms with Crippen molar-refractivity contribution in [3.05, 3.63) is 17.0 Å². The zero-order chi connectivity index (χ0) is 21.8. The number of nitrogens with zero attached hydrogens (tertiary/aromatic N) is 3. The molecule has 4 fully saturated rings. The van der Waals surface area contributed by atoms with Gasteiger partial charge in [0, 0.05) is 13.1 Å². The van der Waals surface area contributed by atoms with Gasteiger partial charge >= 0.3 is 0 Å². The minimum absolute atomic E-state index is 0.00850. The molecule has 168 valence electrons. The number of amides is 2. The van der Waals surface area contributed by atoms with Gasteiger partial charge in [0.1, 0.15) is 11.3 Å². The molecule has 2 bridgehead atoms. The third kappa shape index (κ3) is 3.92. The highest BCUT2D eigenvalue weighted by Crippen LogP contribution is 2.47. The molecule has 3 heterocycles. The minimum Gasteiger partial charge on any atom is -0.361 e. The first kappa shape index (κ1) is 21.0. The number of carbonyl (C=O) groups is 2. The first-order valence-electron chi connectivity index (χ1n) is 11.6. The molecule has 0 aromatic carbocycles. The zero-order valence-electron chi connectivity index (χ0n) is 18.6. The second-order valence-corrected chi connectivity index (χ2v) is 11.6. The fourth-order valence-corrected chi connectivity index (χ4v) is 7.29. The summed E-state index contributed by atoms with van der Waals surface area (Å²) in [5, 5.41) is 7.81. The number of hydrogen-bond donors (Lipinski definition) is 1. The van der Waals surface area contributed by atoms with Crippen molar-refractivity contribution in [2.45, 2.75) is 76.5 Å². The van der Waals surface area contributed by atoms with Gasteiger partial charge in [0.25, 0.3) is 5.91 Å². The van der Waals surface area contributed by atoms with Crippen LogP contribution in [0.5, 0.6) is 0 Å². The van der Waals surface area contributed by atoms with Gasteiger partial charge in [-0.05, 0) is 77.0 Å². The van der Waals surface area contributed by atoms with E-state index in [0.29, 0.717) is 42.1 Å². The number of fused-ring (bicyclic) bond motifs is 2. The highest BCUT2D eigenvalue weighted by atomic mass is 32.2. The van der Waals surface area contributed by atoms with Crippen LogP contribution >= 0.6 is 11.8 Å². The van der Waals surface area contributed by atoms with Crippen molar-refractivity contribution in [2.24, 2.45) is 22.7 Å². The first-order valence-corrected chi connectivity index (χ1v) is 12.4. The molecule has 7 nitrogen and oxygen atoms in total. The van der Waals surface area contributed by atoms with Gasteiger partial charge in [-0.25, -0.2) is 0 Å². The number of piperidine rings is 1. The van der Waals surface area contributed by atoms with E-state index in [2.05, 4.69) is 17.4 Å². The Morgan fingerprint density at radius 3 is 2.65 bits per heavy atom. The highest BCUT2D eigenvalue weighted by Gasteiger charge is 2.46. The Morgan fingerprint density at radius 1 is 1.26 bits per heavy atom. The van der Waals surface area contributed by atoms with E-state index in [-0.39, 0.29) is 11.8 Å². The number of nitrogens with one attached hydrogen (secondary N) is 1. The molecule has 1 aromatic rings. The molecule has 2 aliphatic heterocycles. The van der Waals surface area contributed by atoms with E-state index in [1.807, 2.05) is 11.8 Å². The maximum atomic E-state index is 12.9. The van der Waals surface area contributed by atoms with Crippen molar-refractivity contribution in [3.8, 4) is 0 Å². The molecule has 2 aliphatic carbocycles. The van der Waals surface area contributed by atoms with E-state index in [0.717, 1.165) is 36.3 Å². The molecular formula is C23H32N4O3S. The topological polar surface area (TPSA) is 87.8 Å². The van der Waals surface area contributed by atoms with E-state index in [4.69, 9.17) is 9.52 Å². The van der Waals surface area contributed by atoms with E-state index in [1.54, 1.807) is 18.7 Å². The number of thioether (sulfide) groups is 1. The van der Waals surface area contributed by atoms with Gasteiger partial charge < -0.3 is 14.7 Å². The number of likely N-dealkylation sites (tertiary alicyclic amines) is 1. The smallest absolute Gasteiger partial charge is 0.259 e. The number of carbonyl (C=O) groups excluding carboxylic acids is 2. The van der Waals surface area contributed by atoms with Gasteiger partial charge in [0.2, 0.25) is 5.91 Å². The third-order valence-corrected chi connectivity index (χ3v) is 9.04. The van der Waals surface area contributed by atoms with Gasteiger partial charge in [0.15, 0.2) is 5.17 Å². The lowest BCUT2D eigenvalue weighted by Crippen LogP contribution is -2.42. The molecule has 0 radical (unpaired) electrons. The fourth-order valence-electron chi connectivity index (χ4n) is 6.06. The average Bonchev–Trinajstić information content (AvgIpc) is 3.48. The summed E-state index contributed by atoms with van der Waals surface area (Å²) in [5.74, 6) is 2.69. The molecule has 1 N–H and O–H groups in total. The summed E-state index contributed by atoms with van der Waals surface area (Å²) in [4.78, 5) is 32.5. The Kier molecular flexibility index (Phi) is 5.39. The molecule has 2 saturated heterocycles. The molecule has 2 amide bonds. The maximum absolute atomic E-state index is 12.9. The van der Waals surface area contributed by atoms with E-state index >= 15 is 0 Å². The van der Waals surface area contributed by atoms with Gasteiger partial charge in [-0.1, -0.05) is 23.3 Å². The largest absolute Gasteiger partial charge is 0.361 e. The van der Waals surface area contributed by atoms with E-state index < -0.39 is 4.75 Å². The summed E-state index contributed by atoms with van der Waals surface area (Å²) < 4.78 is 4.70. The lowest BCUT2D eigenvalue weighted by atomic mass is 9.87. The van der Waals surface area contributed by atoms with Crippen LogP contribution in [0, 0.1) is 31.6 Å². The summed E-state index contributed by atoms with van der Waals surface area (Å²) >= 11 is 1.63. The van der Waals surface area contributed by atoms with Crippen molar-refractivity contribution in [1.29, 1.82) is 0 Å². The first-order chi connectivity index (χ1) is 14.8. The lowest BCUT2D eigenvalue weighted by Gasteiger charge is -2.34. The average molecular weight is 445 g/mol. The van der Waals surface area contributed by atoms with Crippen LogP contribution in [0.1, 0.15) is 73.7 Å². The molecule has 1 unspecified atom stereocenters. The summed E-state index contributed by atoms with van der Waals surface area (Å²) in [5.41, 5.74) is 1.25. The normalized spacial score (nSPS) is 34.7. The van der Waals surface area contributed by atoms with Crippen LogP contribution in [0.25, 0.3) is 0 Å². The van der Waals surface area contributed by atoms with Gasteiger partial charge in [-0.15, -0.1) is 0 Å². The van der Waals surface area contributed by atoms with Crippen LogP contribution in [0.4, 0.5) is 0 Å². The van der Waals surface area contributed by atoms with Crippen molar-refractivity contribution in [3.63, 3.8) is 0 Å². The van der Waals surface area contributed by atoms with Crippen LogP contribution in [-0.4, -0.2) is 50.9 Å². The molecule has 4 atom stereocenters. The Balaban J connectivity index is 1.17. The van der Waals surface area contributed by atoms with Crippen molar-refractivity contribution >= 4 is 28.7 Å². The van der Waals surface area contributed by atoms with Crippen LogP contribution in [0.3, 0.4) is 0 Å². The Hall–Kier alpha value is -1.83. The SMILES string of the molecule is Cc1noc(C)c1C(=O)N1CCC(CC2(C)SC(=N[C@H]3C[C@@H]4CC[C@H]3C4)NC2=O)CC1. The Labute approximate surface area is 187 Å². The summed E-state index contributed by atoms with van der Waals surface area (Å²) in [6.07, 6.45) is 7.83. The zero-order valence-corrected chi connectivity index (χ0v) is 19.5. The number of aryl methyl sites for hydroxylation is 2. The van der Waals surface area contributed by atoms with Crippen LogP contribution in [0.15, 0.2) is 9.52 Å². The van der Waals surface area contributed by atoms with Crippen molar-refractivity contribution < 1.29 is 14.1 Å². The predicted octanol–water partition coefficient (Wildman–Crippen LogP) is 3.70. The minimum atomic E-state index is -0.463. The third-order valence-electron chi connectivity index (χ3n) is 7.83. The highest BCUT2D eigenvalue weighted by molar-refractivity contribution is 8.16. The molecule has 0 spiro atoms. The molecule has 8 heteroatoms. The van der Waals surface area contributed by atoms with E-state index in [1.165, 1.54) is 25.7 Å². The summed E-state index contributed by atoms with van der Waals surface area (Å²) in [6.45, 7) is 7.07. The van der Waals surface area contributed by atoms with Gasteiger partial charge in [0.05, 0.1) is 16.5 Å². The molecule has 5 rings (SSSR count). The van der Waals surface area contributed by atoms with Crippen LogP contribution in [0.2, 0.25) is 0 Å². The molecule has 4 aliphatic rings. The molecule has 2 saturated carbocycles. The Bertz CT molecular complexity index is 900. The van der Waals surface area contributed by atoms with Crippen molar-refractivity contribution in [1.82, 2.24) is 15.4 Å².